The number of carbonyl (C=O) groups excluding carboxylic acids is 1. The van der Waals surface area contributed by atoms with Crippen LogP contribution in [0.15, 0.2) is 0 Å². The lowest BCUT2D eigenvalue weighted by molar-refractivity contribution is -0.121. The van der Waals surface area contributed by atoms with Gasteiger partial charge in [-0.1, -0.05) is 13.8 Å². The number of rotatable bonds is 4. The molecular weight excluding hydrogens is 152 g/mol. The van der Waals surface area contributed by atoms with Crippen molar-refractivity contribution >= 4 is 5.91 Å². The first-order chi connectivity index (χ1) is 5.59. The molecule has 70 valence electrons. The summed E-state index contributed by atoms with van der Waals surface area (Å²) in [4.78, 5) is 11.2. The van der Waals surface area contributed by atoms with Gasteiger partial charge in [-0.3, -0.25) is 4.79 Å². The Morgan fingerprint density at radius 3 is 2.67 bits per heavy atom. The van der Waals surface area contributed by atoms with Gasteiger partial charge < -0.3 is 11.1 Å². The Balaban J connectivity index is 2.04. The van der Waals surface area contributed by atoms with Gasteiger partial charge in [0.25, 0.3) is 0 Å². The van der Waals surface area contributed by atoms with Gasteiger partial charge in [0.15, 0.2) is 0 Å². The van der Waals surface area contributed by atoms with E-state index in [1.54, 1.807) is 0 Å². The SMILES string of the molecule is CC(C)CCC(=O)NC1CC1N. The number of hydrogen-bond acceptors (Lipinski definition) is 2. The van der Waals surface area contributed by atoms with E-state index < -0.39 is 0 Å². The second-order valence-electron chi connectivity index (χ2n) is 4.01. The Bertz CT molecular complexity index is 168. The highest BCUT2D eigenvalue weighted by Gasteiger charge is 2.34. The molecule has 3 heteroatoms. The van der Waals surface area contributed by atoms with Crippen LogP contribution in [0, 0.1) is 5.92 Å². The van der Waals surface area contributed by atoms with Gasteiger partial charge in [-0.15, -0.1) is 0 Å². The maximum atomic E-state index is 11.2. The molecule has 1 aliphatic carbocycles. The second kappa shape index (κ2) is 3.90. The number of amides is 1. The summed E-state index contributed by atoms with van der Waals surface area (Å²) in [6.45, 7) is 4.24. The normalized spacial score (nSPS) is 27.3. The summed E-state index contributed by atoms with van der Waals surface area (Å²) in [5, 5.41) is 2.90. The van der Waals surface area contributed by atoms with Crippen LogP contribution in [-0.2, 0) is 4.79 Å². The van der Waals surface area contributed by atoms with E-state index in [0.29, 0.717) is 12.3 Å². The zero-order chi connectivity index (χ0) is 9.14. The zero-order valence-electron chi connectivity index (χ0n) is 7.84. The Kier molecular flexibility index (Phi) is 3.09. The third-order valence-corrected chi connectivity index (χ3v) is 2.13. The molecule has 0 bridgehead atoms. The standard InChI is InChI=1S/C9H18N2O/c1-6(2)3-4-9(12)11-8-5-7(8)10/h6-8H,3-5,10H2,1-2H3,(H,11,12). The molecule has 1 saturated carbocycles. The van der Waals surface area contributed by atoms with Crippen LogP contribution in [0.2, 0.25) is 0 Å². The van der Waals surface area contributed by atoms with Crippen molar-refractivity contribution in [2.75, 3.05) is 0 Å². The molecule has 0 radical (unpaired) electrons. The van der Waals surface area contributed by atoms with Crippen LogP contribution in [0.25, 0.3) is 0 Å². The van der Waals surface area contributed by atoms with Crippen LogP contribution < -0.4 is 11.1 Å². The predicted octanol–water partition coefficient (Wildman–Crippen LogP) is 0.638. The van der Waals surface area contributed by atoms with Crippen LogP contribution in [0.4, 0.5) is 0 Å². The summed E-state index contributed by atoms with van der Waals surface area (Å²) in [6, 6.07) is 0.484. The molecule has 0 aromatic rings. The summed E-state index contributed by atoms with van der Waals surface area (Å²) in [7, 11) is 0. The zero-order valence-corrected chi connectivity index (χ0v) is 7.84. The van der Waals surface area contributed by atoms with Gasteiger partial charge in [-0.25, -0.2) is 0 Å². The highest BCUT2D eigenvalue weighted by molar-refractivity contribution is 5.76. The van der Waals surface area contributed by atoms with Crippen molar-refractivity contribution in [1.82, 2.24) is 5.32 Å². The molecule has 1 aliphatic rings. The van der Waals surface area contributed by atoms with Gasteiger partial charge in [-0.05, 0) is 18.8 Å². The van der Waals surface area contributed by atoms with Crippen molar-refractivity contribution in [2.45, 2.75) is 45.2 Å². The van der Waals surface area contributed by atoms with Crippen LogP contribution in [-0.4, -0.2) is 18.0 Å². The molecule has 3 nitrogen and oxygen atoms in total. The summed E-state index contributed by atoms with van der Waals surface area (Å²) in [5.74, 6) is 0.755. The minimum atomic E-state index is 0.154. The first-order valence-corrected chi connectivity index (χ1v) is 4.64. The molecule has 2 unspecified atom stereocenters. The maximum Gasteiger partial charge on any atom is 0.220 e. The Hall–Kier alpha value is -0.570. The average molecular weight is 170 g/mol. The van der Waals surface area contributed by atoms with Gasteiger partial charge in [-0.2, -0.15) is 0 Å². The van der Waals surface area contributed by atoms with Crippen molar-refractivity contribution in [1.29, 1.82) is 0 Å². The summed E-state index contributed by atoms with van der Waals surface area (Å²) in [5.41, 5.74) is 5.56. The number of hydrogen-bond donors (Lipinski definition) is 2. The first-order valence-electron chi connectivity index (χ1n) is 4.64. The fourth-order valence-corrected chi connectivity index (χ4v) is 1.08. The highest BCUT2D eigenvalue weighted by Crippen LogP contribution is 2.18. The van der Waals surface area contributed by atoms with E-state index in [1.165, 1.54) is 0 Å². The Labute approximate surface area is 73.7 Å². The molecule has 1 amide bonds. The van der Waals surface area contributed by atoms with Crippen LogP contribution in [0.5, 0.6) is 0 Å². The molecular formula is C9H18N2O. The van der Waals surface area contributed by atoms with Gasteiger partial charge in [0.2, 0.25) is 5.91 Å². The Morgan fingerprint density at radius 1 is 1.67 bits per heavy atom. The minimum Gasteiger partial charge on any atom is -0.352 e. The lowest BCUT2D eigenvalue weighted by Crippen LogP contribution is -2.29. The van der Waals surface area contributed by atoms with Gasteiger partial charge in [0.05, 0.1) is 0 Å². The van der Waals surface area contributed by atoms with Crippen LogP contribution in [0.1, 0.15) is 33.1 Å². The molecule has 12 heavy (non-hydrogen) atoms. The lowest BCUT2D eigenvalue weighted by atomic mass is 10.1. The van der Waals surface area contributed by atoms with Crippen LogP contribution in [0.3, 0.4) is 0 Å². The second-order valence-corrected chi connectivity index (χ2v) is 4.01. The smallest absolute Gasteiger partial charge is 0.220 e. The molecule has 0 aromatic carbocycles. The molecule has 2 atom stereocenters. The predicted molar refractivity (Wildman–Crippen MR) is 48.6 cm³/mol. The van der Waals surface area contributed by atoms with Crippen molar-refractivity contribution in [3.63, 3.8) is 0 Å². The van der Waals surface area contributed by atoms with Gasteiger partial charge in [0.1, 0.15) is 0 Å². The van der Waals surface area contributed by atoms with E-state index in [9.17, 15) is 4.79 Å². The van der Waals surface area contributed by atoms with Crippen molar-refractivity contribution in [2.24, 2.45) is 11.7 Å². The van der Waals surface area contributed by atoms with E-state index in [1.807, 2.05) is 0 Å². The van der Waals surface area contributed by atoms with Crippen molar-refractivity contribution in [3.8, 4) is 0 Å². The maximum absolute atomic E-state index is 11.2. The highest BCUT2D eigenvalue weighted by atomic mass is 16.1. The molecule has 0 saturated heterocycles. The average Bonchev–Trinajstić information content (AvgIpc) is 2.62. The summed E-state index contributed by atoms with van der Waals surface area (Å²) in [6.07, 6.45) is 2.56. The minimum absolute atomic E-state index is 0.154. The number of nitrogens with two attached hydrogens (primary N) is 1. The fraction of sp³-hybridized carbons (Fsp3) is 0.889. The number of carbonyl (C=O) groups is 1. The van der Waals surface area contributed by atoms with E-state index in [4.69, 9.17) is 5.73 Å². The van der Waals surface area contributed by atoms with Gasteiger partial charge in [0, 0.05) is 18.5 Å². The van der Waals surface area contributed by atoms with Gasteiger partial charge >= 0.3 is 0 Å². The molecule has 3 N–H and O–H groups in total. The Morgan fingerprint density at radius 2 is 2.25 bits per heavy atom. The lowest BCUT2D eigenvalue weighted by Gasteiger charge is -2.05. The van der Waals surface area contributed by atoms with Crippen molar-refractivity contribution in [3.05, 3.63) is 0 Å². The van der Waals surface area contributed by atoms with E-state index in [-0.39, 0.29) is 18.0 Å². The van der Waals surface area contributed by atoms with E-state index in [2.05, 4.69) is 19.2 Å². The third kappa shape index (κ3) is 3.22. The largest absolute Gasteiger partial charge is 0.352 e. The molecule has 0 aliphatic heterocycles. The van der Waals surface area contributed by atoms with E-state index >= 15 is 0 Å². The molecule has 1 fully saturated rings. The molecule has 0 spiro atoms. The monoisotopic (exact) mass is 170 g/mol. The molecule has 0 heterocycles. The fourth-order valence-electron chi connectivity index (χ4n) is 1.08. The molecule has 0 aromatic heterocycles. The van der Waals surface area contributed by atoms with E-state index in [0.717, 1.165) is 12.8 Å². The number of nitrogens with one attached hydrogen (secondary N) is 1. The quantitative estimate of drug-likeness (QED) is 0.650. The summed E-state index contributed by atoms with van der Waals surface area (Å²) < 4.78 is 0. The molecule has 1 rings (SSSR count). The first kappa shape index (κ1) is 9.52. The van der Waals surface area contributed by atoms with Crippen LogP contribution >= 0.6 is 0 Å². The van der Waals surface area contributed by atoms with Crippen molar-refractivity contribution < 1.29 is 4.79 Å². The topological polar surface area (TPSA) is 55.1 Å². The summed E-state index contributed by atoms with van der Waals surface area (Å²) >= 11 is 0. The third-order valence-electron chi connectivity index (χ3n) is 2.13.